The third kappa shape index (κ3) is 7.12. The highest BCUT2D eigenvalue weighted by Crippen LogP contribution is 2.18. The molecule has 1 atom stereocenters. The van der Waals surface area contributed by atoms with E-state index in [-0.39, 0.29) is 19.3 Å². The molecular formula is C15H19NO5S. The van der Waals surface area contributed by atoms with Gasteiger partial charge in [-0.15, -0.1) is 11.8 Å². The highest BCUT2D eigenvalue weighted by atomic mass is 32.2. The van der Waals surface area contributed by atoms with Crippen molar-refractivity contribution in [3.8, 4) is 0 Å². The zero-order valence-electron chi connectivity index (χ0n) is 12.2. The van der Waals surface area contributed by atoms with Crippen molar-refractivity contribution in [1.82, 2.24) is 5.32 Å². The largest absolute Gasteiger partial charge is 0.481 e. The Morgan fingerprint density at radius 1 is 1.14 bits per heavy atom. The van der Waals surface area contributed by atoms with E-state index in [1.54, 1.807) is 0 Å². The molecule has 0 bridgehead atoms. The molecule has 1 aromatic rings. The van der Waals surface area contributed by atoms with Gasteiger partial charge in [-0.05, 0) is 25.5 Å². The van der Waals surface area contributed by atoms with E-state index < -0.39 is 23.9 Å². The lowest BCUT2D eigenvalue weighted by atomic mass is 10.1. The number of carboxylic acid groups (broad SMARTS) is 2. The average molecular weight is 325 g/mol. The first kappa shape index (κ1) is 18.0. The molecule has 1 unspecified atom stereocenters. The molecule has 0 heterocycles. The Morgan fingerprint density at radius 3 is 2.32 bits per heavy atom. The van der Waals surface area contributed by atoms with Crippen molar-refractivity contribution in [3.05, 3.63) is 29.8 Å². The molecule has 120 valence electrons. The van der Waals surface area contributed by atoms with Crippen LogP contribution >= 0.6 is 11.8 Å². The molecule has 0 aliphatic heterocycles. The van der Waals surface area contributed by atoms with Gasteiger partial charge < -0.3 is 15.5 Å². The Labute approximate surface area is 132 Å². The number of hydrogen-bond acceptors (Lipinski definition) is 4. The standard InChI is InChI=1S/C15H19NO5S/c1-10-2-4-11(5-3-10)22-9-8-13(17)16-12(15(20)21)6-7-14(18)19/h2-5,12H,6-9H2,1H3,(H,16,17)(H,18,19)(H,20,21). The van der Waals surface area contributed by atoms with Crippen LogP contribution in [0.15, 0.2) is 29.2 Å². The number of rotatable bonds is 9. The molecule has 0 spiro atoms. The zero-order chi connectivity index (χ0) is 16.5. The first-order valence-corrected chi connectivity index (χ1v) is 7.80. The topological polar surface area (TPSA) is 104 Å². The molecule has 1 rings (SSSR count). The van der Waals surface area contributed by atoms with Crippen molar-refractivity contribution >= 4 is 29.6 Å². The highest BCUT2D eigenvalue weighted by molar-refractivity contribution is 7.99. The Bertz CT molecular complexity index is 529. The van der Waals surface area contributed by atoms with Crippen LogP contribution in [-0.2, 0) is 14.4 Å². The van der Waals surface area contributed by atoms with Gasteiger partial charge in [0.25, 0.3) is 0 Å². The maximum absolute atomic E-state index is 11.7. The number of carboxylic acids is 2. The summed E-state index contributed by atoms with van der Waals surface area (Å²) in [4.78, 5) is 34.2. The maximum Gasteiger partial charge on any atom is 0.326 e. The Balaban J connectivity index is 2.35. The lowest BCUT2D eigenvalue weighted by Gasteiger charge is -2.13. The van der Waals surface area contributed by atoms with Gasteiger partial charge in [0.2, 0.25) is 5.91 Å². The summed E-state index contributed by atoms with van der Waals surface area (Å²) in [6, 6.07) is 6.73. The zero-order valence-corrected chi connectivity index (χ0v) is 13.1. The number of aliphatic carboxylic acids is 2. The van der Waals surface area contributed by atoms with Gasteiger partial charge in [0, 0.05) is 23.5 Å². The molecule has 0 saturated heterocycles. The molecule has 0 aromatic heterocycles. The van der Waals surface area contributed by atoms with Crippen molar-refractivity contribution < 1.29 is 24.6 Å². The van der Waals surface area contributed by atoms with Gasteiger partial charge in [0.15, 0.2) is 0 Å². The molecule has 0 fully saturated rings. The molecular weight excluding hydrogens is 306 g/mol. The summed E-state index contributed by atoms with van der Waals surface area (Å²) in [5.74, 6) is -2.17. The maximum atomic E-state index is 11.7. The van der Waals surface area contributed by atoms with E-state index in [1.807, 2.05) is 31.2 Å². The summed E-state index contributed by atoms with van der Waals surface area (Å²) in [6.45, 7) is 1.99. The van der Waals surface area contributed by atoms with E-state index >= 15 is 0 Å². The predicted octanol–water partition coefficient (Wildman–Crippen LogP) is 1.91. The monoisotopic (exact) mass is 325 g/mol. The third-order valence-corrected chi connectivity index (χ3v) is 3.91. The van der Waals surface area contributed by atoms with Crippen LogP contribution < -0.4 is 5.32 Å². The fraction of sp³-hybridized carbons (Fsp3) is 0.400. The number of aryl methyl sites for hydroxylation is 1. The molecule has 6 nitrogen and oxygen atoms in total. The van der Waals surface area contributed by atoms with Crippen molar-refractivity contribution in [2.24, 2.45) is 0 Å². The average Bonchev–Trinajstić information content (AvgIpc) is 2.45. The second kappa shape index (κ2) is 9.09. The summed E-state index contributed by atoms with van der Waals surface area (Å²) in [5.41, 5.74) is 1.16. The third-order valence-electron chi connectivity index (χ3n) is 2.90. The molecule has 3 N–H and O–H groups in total. The van der Waals surface area contributed by atoms with E-state index in [0.717, 1.165) is 10.5 Å². The second-order valence-electron chi connectivity index (χ2n) is 4.80. The summed E-state index contributed by atoms with van der Waals surface area (Å²) >= 11 is 1.51. The van der Waals surface area contributed by atoms with Crippen LogP contribution in [0.4, 0.5) is 0 Å². The van der Waals surface area contributed by atoms with Crippen LogP contribution in [0.25, 0.3) is 0 Å². The number of carbonyl (C=O) groups is 3. The lowest BCUT2D eigenvalue weighted by molar-refractivity contribution is -0.143. The SMILES string of the molecule is Cc1ccc(SCCC(=O)NC(CCC(=O)O)C(=O)O)cc1. The van der Waals surface area contributed by atoms with Gasteiger partial charge in [-0.3, -0.25) is 9.59 Å². The Morgan fingerprint density at radius 2 is 1.77 bits per heavy atom. The minimum atomic E-state index is -1.22. The van der Waals surface area contributed by atoms with E-state index in [2.05, 4.69) is 5.32 Å². The molecule has 1 amide bonds. The van der Waals surface area contributed by atoms with Gasteiger partial charge in [0.05, 0.1) is 0 Å². The molecule has 0 aliphatic carbocycles. The van der Waals surface area contributed by atoms with Crippen LogP contribution in [0, 0.1) is 6.92 Å². The van der Waals surface area contributed by atoms with Crippen LogP contribution in [0.2, 0.25) is 0 Å². The van der Waals surface area contributed by atoms with Gasteiger partial charge in [0.1, 0.15) is 6.04 Å². The number of carbonyl (C=O) groups excluding carboxylic acids is 1. The second-order valence-corrected chi connectivity index (χ2v) is 5.97. The van der Waals surface area contributed by atoms with Crippen molar-refractivity contribution in [1.29, 1.82) is 0 Å². The van der Waals surface area contributed by atoms with Crippen molar-refractivity contribution in [2.45, 2.75) is 37.1 Å². The summed E-state index contributed by atoms with van der Waals surface area (Å²) in [7, 11) is 0. The van der Waals surface area contributed by atoms with Crippen LogP contribution in [0.3, 0.4) is 0 Å². The normalized spacial score (nSPS) is 11.7. The molecule has 7 heteroatoms. The fourth-order valence-corrected chi connectivity index (χ4v) is 2.54. The molecule has 1 aromatic carbocycles. The van der Waals surface area contributed by atoms with Crippen LogP contribution in [0.1, 0.15) is 24.8 Å². The fourth-order valence-electron chi connectivity index (χ4n) is 1.69. The lowest BCUT2D eigenvalue weighted by Crippen LogP contribution is -2.41. The predicted molar refractivity (Wildman–Crippen MR) is 83.0 cm³/mol. The van der Waals surface area contributed by atoms with Gasteiger partial charge >= 0.3 is 11.9 Å². The summed E-state index contributed by atoms with van der Waals surface area (Å²) in [5, 5.41) is 19.9. The first-order chi connectivity index (χ1) is 10.4. The Hall–Kier alpha value is -2.02. The van der Waals surface area contributed by atoms with E-state index in [4.69, 9.17) is 10.2 Å². The quantitative estimate of drug-likeness (QED) is 0.599. The first-order valence-electron chi connectivity index (χ1n) is 6.82. The van der Waals surface area contributed by atoms with Crippen LogP contribution in [0.5, 0.6) is 0 Å². The number of benzene rings is 1. The van der Waals surface area contributed by atoms with Crippen LogP contribution in [-0.4, -0.2) is 39.9 Å². The number of nitrogens with one attached hydrogen (secondary N) is 1. The minimum Gasteiger partial charge on any atom is -0.481 e. The minimum absolute atomic E-state index is 0.124. The Kier molecular flexibility index (Phi) is 7.45. The van der Waals surface area contributed by atoms with E-state index in [1.165, 1.54) is 11.8 Å². The number of amides is 1. The molecule has 22 heavy (non-hydrogen) atoms. The van der Waals surface area contributed by atoms with Gasteiger partial charge in [-0.1, -0.05) is 17.7 Å². The smallest absolute Gasteiger partial charge is 0.326 e. The number of hydrogen-bond donors (Lipinski definition) is 3. The van der Waals surface area contributed by atoms with E-state index in [9.17, 15) is 14.4 Å². The van der Waals surface area contributed by atoms with Crippen molar-refractivity contribution in [3.63, 3.8) is 0 Å². The summed E-state index contributed by atoms with van der Waals surface area (Å²) in [6.07, 6.45) is -0.244. The summed E-state index contributed by atoms with van der Waals surface area (Å²) < 4.78 is 0. The molecule has 0 aliphatic rings. The van der Waals surface area contributed by atoms with Crippen molar-refractivity contribution in [2.75, 3.05) is 5.75 Å². The highest BCUT2D eigenvalue weighted by Gasteiger charge is 2.20. The van der Waals surface area contributed by atoms with Gasteiger partial charge in [-0.2, -0.15) is 0 Å². The molecule has 0 saturated carbocycles. The van der Waals surface area contributed by atoms with Gasteiger partial charge in [-0.25, -0.2) is 4.79 Å². The number of thioether (sulfide) groups is 1. The van der Waals surface area contributed by atoms with E-state index in [0.29, 0.717) is 5.75 Å². The molecule has 0 radical (unpaired) electrons.